The number of fused-ring (bicyclic) bond motifs is 1. The maximum absolute atomic E-state index is 4.30. The van der Waals surface area contributed by atoms with Crippen LogP contribution in [0.25, 0.3) is 0 Å². The van der Waals surface area contributed by atoms with Gasteiger partial charge in [0.1, 0.15) is 6.34 Å². The van der Waals surface area contributed by atoms with Gasteiger partial charge in [0.05, 0.1) is 11.8 Å². The second kappa shape index (κ2) is 2.74. The van der Waals surface area contributed by atoms with Crippen molar-refractivity contribution in [2.75, 3.05) is 20.1 Å². The molecule has 1 fully saturated rings. The van der Waals surface area contributed by atoms with Gasteiger partial charge in [0.25, 0.3) is 0 Å². The second-order valence-electron chi connectivity index (χ2n) is 3.28. The Kier molecular flexibility index (Phi) is 1.74. The van der Waals surface area contributed by atoms with Crippen LogP contribution in [-0.4, -0.2) is 43.1 Å². The molecule has 60 valence electrons. The van der Waals surface area contributed by atoms with Gasteiger partial charge in [0.2, 0.25) is 0 Å². The summed E-state index contributed by atoms with van der Waals surface area (Å²) in [6.07, 6.45) is 4.14. The van der Waals surface area contributed by atoms with Gasteiger partial charge in [-0.05, 0) is 26.4 Å². The van der Waals surface area contributed by atoms with Gasteiger partial charge in [-0.3, -0.25) is 4.99 Å². The van der Waals surface area contributed by atoms with Gasteiger partial charge in [0.15, 0.2) is 0 Å². The first-order valence-electron chi connectivity index (χ1n) is 4.13. The SMILES string of the molecule is CN1CCCC2N=CN=C2C1. The molecule has 2 rings (SSSR count). The van der Waals surface area contributed by atoms with Crippen molar-refractivity contribution in [1.29, 1.82) is 0 Å². The van der Waals surface area contributed by atoms with E-state index in [2.05, 4.69) is 21.9 Å². The molecule has 2 heterocycles. The molecule has 0 aromatic heterocycles. The molecule has 0 aromatic rings. The Labute approximate surface area is 66.8 Å². The summed E-state index contributed by atoms with van der Waals surface area (Å²) in [4.78, 5) is 10.9. The van der Waals surface area contributed by atoms with E-state index in [-0.39, 0.29) is 0 Å². The average molecular weight is 151 g/mol. The van der Waals surface area contributed by atoms with Crippen molar-refractivity contribution in [1.82, 2.24) is 4.90 Å². The van der Waals surface area contributed by atoms with Crippen LogP contribution in [0, 0.1) is 0 Å². The zero-order chi connectivity index (χ0) is 7.68. The van der Waals surface area contributed by atoms with E-state index in [1.165, 1.54) is 25.1 Å². The molecule has 0 aliphatic carbocycles. The van der Waals surface area contributed by atoms with Gasteiger partial charge >= 0.3 is 0 Å². The Bertz CT molecular complexity index is 207. The molecule has 0 radical (unpaired) electrons. The summed E-state index contributed by atoms with van der Waals surface area (Å²) in [5, 5.41) is 0. The van der Waals surface area contributed by atoms with Gasteiger partial charge in [-0.2, -0.15) is 0 Å². The van der Waals surface area contributed by atoms with Crippen LogP contribution in [0.2, 0.25) is 0 Å². The highest BCUT2D eigenvalue weighted by Gasteiger charge is 2.22. The number of hydrogen-bond acceptors (Lipinski definition) is 3. The van der Waals surface area contributed by atoms with Gasteiger partial charge < -0.3 is 4.90 Å². The lowest BCUT2D eigenvalue weighted by molar-refractivity contribution is 0.382. The Hall–Kier alpha value is -0.700. The van der Waals surface area contributed by atoms with Gasteiger partial charge in [-0.15, -0.1) is 0 Å². The summed E-state index contributed by atoms with van der Waals surface area (Å²) in [6.45, 7) is 2.19. The normalized spacial score (nSPS) is 31.4. The average Bonchev–Trinajstić information content (AvgIpc) is 2.31. The van der Waals surface area contributed by atoms with E-state index in [4.69, 9.17) is 0 Å². The van der Waals surface area contributed by atoms with Crippen LogP contribution < -0.4 is 0 Å². The molecule has 0 bridgehead atoms. The smallest absolute Gasteiger partial charge is 0.110 e. The topological polar surface area (TPSA) is 28.0 Å². The van der Waals surface area contributed by atoms with Crippen LogP contribution in [0.15, 0.2) is 9.98 Å². The van der Waals surface area contributed by atoms with Crippen molar-refractivity contribution < 1.29 is 0 Å². The van der Waals surface area contributed by atoms with Crippen molar-refractivity contribution in [2.45, 2.75) is 18.9 Å². The maximum atomic E-state index is 4.30. The fourth-order valence-corrected chi connectivity index (χ4v) is 1.66. The van der Waals surface area contributed by atoms with Crippen LogP contribution >= 0.6 is 0 Å². The standard InChI is InChI=1S/C8H13N3/c1-11-4-2-3-7-8(5-11)10-6-9-7/h6-7H,2-5H2,1H3. The third-order valence-corrected chi connectivity index (χ3v) is 2.30. The second-order valence-corrected chi connectivity index (χ2v) is 3.28. The van der Waals surface area contributed by atoms with Crippen LogP contribution in [0.1, 0.15) is 12.8 Å². The lowest BCUT2D eigenvalue weighted by atomic mass is 10.1. The lowest BCUT2D eigenvalue weighted by Gasteiger charge is -2.11. The highest BCUT2D eigenvalue weighted by molar-refractivity contribution is 6.00. The van der Waals surface area contributed by atoms with Crippen LogP contribution in [0.4, 0.5) is 0 Å². The largest absolute Gasteiger partial charge is 0.301 e. The number of likely N-dealkylation sites (tertiary alicyclic amines) is 1. The third kappa shape index (κ3) is 1.33. The van der Waals surface area contributed by atoms with Gasteiger partial charge in [0, 0.05) is 6.54 Å². The number of aliphatic imine (C=N–C) groups is 2. The first-order valence-corrected chi connectivity index (χ1v) is 4.13. The molecule has 0 saturated carbocycles. The minimum Gasteiger partial charge on any atom is -0.301 e. The first-order chi connectivity index (χ1) is 5.36. The van der Waals surface area contributed by atoms with Crippen LogP contribution in [0.5, 0.6) is 0 Å². The molecule has 0 N–H and O–H groups in total. The molecule has 11 heavy (non-hydrogen) atoms. The summed E-state index contributed by atoms with van der Waals surface area (Å²) in [7, 11) is 2.14. The van der Waals surface area contributed by atoms with E-state index >= 15 is 0 Å². The lowest BCUT2D eigenvalue weighted by Crippen LogP contribution is -2.27. The van der Waals surface area contributed by atoms with E-state index < -0.39 is 0 Å². The van der Waals surface area contributed by atoms with Gasteiger partial charge in [-0.1, -0.05) is 0 Å². The predicted molar refractivity (Wildman–Crippen MR) is 46.4 cm³/mol. The summed E-state index contributed by atoms with van der Waals surface area (Å²) in [5.74, 6) is 0. The summed E-state index contributed by atoms with van der Waals surface area (Å²) in [6, 6.07) is 0.417. The van der Waals surface area contributed by atoms with Crippen molar-refractivity contribution in [3.63, 3.8) is 0 Å². The number of hydrogen-bond donors (Lipinski definition) is 0. The Morgan fingerprint density at radius 3 is 3.45 bits per heavy atom. The minimum absolute atomic E-state index is 0.417. The van der Waals surface area contributed by atoms with E-state index in [0.29, 0.717) is 6.04 Å². The Morgan fingerprint density at radius 1 is 1.64 bits per heavy atom. The highest BCUT2D eigenvalue weighted by Crippen LogP contribution is 2.13. The quantitative estimate of drug-likeness (QED) is 0.497. The predicted octanol–water partition coefficient (Wildman–Crippen LogP) is 0.563. The monoisotopic (exact) mass is 151 g/mol. The van der Waals surface area contributed by atoms with Crippen molar-refractivity contribution in [2.24, 2.45) is 9.98 Å². The molecular formula is C8H13N3. The molecule has 1 atom stereocenters. The summed E-state index contributed by atoms with van der Waals surface area (Å²) < 4.78 is 0. The fraction of sp³-hybridized carbons (Fsp3) is 0.750. The number of rotatable bonds is 0. The molecule has 1 unspecified atom stereocenters. The van der Waals surface area contributed by atoms with Crippen molar-refractivity contribution in [3.8, 4) is 0 Å². The zero-order valence-corrected chi connectivity index (χ0v) is 6.82. The Morgan fingerprint density at radius 2 is 2.55 bits per heavy atom. The van der Waals surface area contributed by atoms with Crippen LogP contribution in [-0.2, 0) is 0 Å². The molecule has 0 aromatic carbocycles. The fourth-order valence-electron chi connectivity index (χ4n) is 1.66. The van der Waals surface area contributed by atoms with Crippen molar-refractivity contribution >= 4 is 12.1 Å². The van der Waals surface area contributed by atoms with Gasteiger partial charge in [-0.25, -0.2) is 4.99 Å². The first kappa shape index (κ1) is 6.98. The molecular weight excluding hydrogens is 138 g/mol. The van der Waals surface area contributed by atoms with Crippen molar-refractivity contribution in [3.05, 3.63) is 0 Å². The van der Waals surface area contributed by atoms with E-state index in [1.807, 2.05) is 0 Å². The molecule has 2 aliphatic heterocycles. The molecule has 3 heteroatoms. The van der Waals surface area contributed by atoms with E-state index in [9.17, 15) is 0 Å². The van der Waals surface area contributed by atoms with E-state index in [0.717, 1.165) is 6.54 Å². The minimum atomic E-state index is 0.417. The molecule has 3 nitrogen and oxygen atoms in total. The molecule has 0 spiro atoms. The summed E-state index contributed by atoms with van der Waals surface area (Å²) >= 11 is 0. The molecule has 0 amide bonds. The number of nitrogens with zero attached hydrogens (tertiary/aromatic N) is 3. The molecule has 1 saturated heterocycles. The zero-order valence-electron chi connectivity index (χ0n) is 6.82. The maximum Gasteiger partial charge on any atom is 0.110 e. The Balaban J connectivity index is 2.11. The summed E-state index contributed by atoms with van der Waals surface area (Å²) in [5.41, 5.74) is 1.25. The van der Waals surface area contributed by atoms with Crippen LogP contribution in [0.3, 0.4) is 0 Å². The molecule has 2 aliphatic rings. The highest BCUT2D eigenvalue weighted by atomic mass is 15.1. The van der Waals surface area contributed by atoms with E-state index in [1.54, 1.807) is 6.34 Å². The third-order valence-electron chi connectivity index (χ3n) is 2.30.